The van der Waals surface area contributed by atoms with E-state index in [-0.39, 0.29) is 91.5 Å². The summed E-state index contributed by atoms with van der Waals surface area (Å²) < 4.78 is 25.4. The molecule has 8 aliphatic rings. The molecule has 0 saturated heterocycles. The van der Waals surface area contributed by atoms with Crippen molar-refractivity contribution < 1.29 is 38.2 Å². The minimum atomic E-state index is -0.415. The van der Waals surface area contributed by atoms with Gasteiger partial charge in [-0.2, -0.15) is 31.1 Å². The molecule has 12 heterocycles. The Hall–Kier alpha value is -13.5. The quantitative estimate of drug-likeness (QED) is 0.0175. The summed E-state index contributed by atoms with van der Waals surface area (Å²) in [5.41, 5.74) is 22.5. The van der Waals surface area contributed by atoms with Crippen LogP contribution in [0.3, 0.4) is 0 Å². The Morgan fingerprint density at radius 3 is 1.04 bits per heavy atom. The maximum Gasteiger partial charge on any atom is 0.406 e. The smallest absolute Gasteiger partial charge is 0.406 e. The number of alkyl carbamates (subject to hydrolysis) is 3. The Labute approximate surface area is 837 Å². The molecule has 8 aliphatic carbocycles. The number of carbonyl (C=O) groups excluding carboxylic acids is 5. The number of amides is 4. The molecular weight excluding hydrogens is 1860 g/mol. The number of rotatable bonds is 27. The highest BCUT2D eigenvalue weighted by atomic mass is 35.5. The SMILES string of the molecule is C.CCN(CC)CC.COC(=O)NCC1CC(Nc2cc(-c3ccc4cc(C#N)cnn34)ncc2-c2cn(C3CCC(C)CC3)nn2)C1.COC(=O)NCC1CC(Nc2cc(-c3ccc4cc(C#N)cnn34)ncc2-c2cn(C3CCC(N)CC3)nn2)C1.COC(=O)NCC1CC(Nc2cc(-c3ccc4cc(C#N)cnn34)ncc2-c2cn(C3CCC(NC(=O)C4CC4)CC3)nn2)C1.Cl.Cl.O=C(Cl)C1CC1. The van der Waals surface area contributed by atoms with Crippen molar-refractivity contribution in [2.75, 3.05) is 76.5 Å². The molecule has 38 nitrogen and oxygen atoms in total. The molecule has 9 N–H and O–H groups in total. The number of nitrogens with zero attached hydrogens (tertiary/aromatic N) is 22. The molecule has 0 atom stereocenters. The van der Waals surface area contributed by atoms with Crippen molar-refractivity contribution in [2.45, 2.75) is 225 Å². The van der Waals surface area contributed by atoms with E-state index in [1.54, 1.807) is 44.3 Å². The van der Waals surface area contributed by atoms with Crippen LogP contribution in [-0.4, -0.2) is 214 Å². The molecule has 0 bridgehead atoms. The van der Waals surface area contributed by atoms with Crippen molar-refractivity contribution in [2.24, 2.45) is 41.2 Å². The maximum absolute atomic E-state index is 12.2. The first-order valence-electron chi connectivity index (χ1n) is 48.3. The Balaban J connectivity index is 0.000000165. The van der Waals surface area contributed by atoms with Crippen molar-refractivity contribution in [3.8, 4) is 86.1 Å². The van der Waals surface area contributed by atoms with Gasteiger partial charge < -0.3 is 62.1 Å². The molecule has 8 fully saturated rings. The average molecular weight is 1980 g/mol. The fourth-order valence-corrected chi connectivity index (χ4v) is 19.1. The number of fused-ring (bicyclic) bond motifs is 3. The number of carbonyl (C=O) groups is 5. The minimum absolute atomic E-state index is 0. The highest BCUT2D eigenvalue weighted by molar-refractivity contribution is 6.64. The van der Waals surface area contributed by atoms with Gasteiger partial charge in [-0.1, -0.05) is 50.8 Å². The molecule has 0 spiro atoms. The third-order valence-electron chi connectivity index (χ3n) is 27.8. The first kappa shape index (κ1) is 105. The van der Waals surface area contributed by atoms with Gasteiger partial charge in [-0.25, -0.2) is 42.0 Å². The standard InChI is InChI=1S/C32H36N10O3.C29H33N9O2.C28H32N10O2.C6H15N.C4H5ClO.CH4.2ClH/c1-45-32(44)35-15-19-10-23(11-19)37-27-13-28(30-9-8-25-12-20(14-33)16-36-42(25)30)34-17-26(27)29-18-41(40-39-29)24-6-4-22(5-7-24)38-31(43)21-2-3-21;1-18-3-5-22(6-4-18)37-17-27(35-36-37)24-16-31-26(28-8-7-23-11-20(13-30)15-33-38(23)28)12-25(24)34-21-9-19(10-21)14-32-29(39)40-2;1-40-28(39)32-13-17-8-20(9-17)34-24-11-25(27-7-6-22-10-18(12-29)14-33-38(22)27)31-15-23(24)26-16-37(36-35-26)21-4-2-19(30)3-5-21;1-4-7(5-2)6-3;5-4(6)3-1-2-3;;;/h8-9,12-13,16-19,21-24H,2-7,10-11,15H2,1H3,(H,34,37)(H,35,44)(H,38,43);7-8,11-12,15-19,21-22H,3-6,9-10,14H2,1-2H3,(H,31,34)(H,32,39);6-7,10-11,14-17,19-21H,2-5,8-9,13,30H2,1H3,(H,31,34)(H,32,39);4-6H2,1-3H3;3H,1-2H2;1H4;2*1H. The van der Waals surface area contributed by atoms with E-state index in [2.05, 4.69) is 144 Å². The number of nitrogens with one attached hydrogen (secondary N) is 7. The first-order chi connectivity index (χ1) is 67.1. The monoisotopic (exact) mass is 1980 g/mol. The van der Waals surface area contributed by atoms with Crippen molar-refractivity contribution in [3.05, 3.63) is 145 Å². The third-order valence-corrected chi connectivity index (χ3v) is 28.1. The number of pyridine rings is 3. The fraction of sp³-hybridized carbons (Fsp3) is 0.500. The van der Waals surface area contributed by atoms with Crippen molar-refractivity contribution >= 4 is 99.5 Å². The molecule has 41 heteroatoms. The summed E-state index contributed by atoms with van der Waals surface area (Å²) in [4.78, 5) is 73.3. The van der Waals surface area contributed by atoms with Crippen molar-refractivity contribution in [1.82, 2.24) is 115 Å². The summed E-state index contributed by atoms with van der Waals surface area (Å²) in [6.07, 6.45) is 37.0. The zero-order valence-electron chi connectivity index (χ0n) is 79.9. The number of nitrogens with two attached hydrogens (primary N) is 1. The topological polar surface area (TPSA) is 481 Å². The number of ether oxygens (including phenoxy) is 3. The number of nitriles is 3. The van der Waals surface area contributed by atoms with E-state index >= 15 is 0 Å². The van der Waals surface area contributed by atoms with Crippen LogP contribution in [0, 0.1) is 69.5 Å². The summed E-state index contributed by atoms with van der Waals surface area (Å²) in [5, 5.41) is 90.8. The van der Waals surface area contributed by atoms with E-state index < -0.39 is 18.3 Å². The lowest BCUT2D eigenvalue weighted by Crippen LogP contribution is -2.42. The number of hydrogen-bond donors (Lipinski definition) is 8. The van der Waals surface area contributed by atoms with Crippen LogP contribution >= 0.6 is 36.4 Å². The van der Waals surface area contributed by atoms with Crippen LogP contribution in [0.25, 0.3) is 84.5 Å². The van der Waals surface area contributed by atoms with Gasteiger partial charge in [-0.05, 0) is 269 Å². The Morgan fingerprint density at radius 1 is 0.433 bits per heavy atom. The molecule has 0 aliphatic heterocycles. The van der Waals surface area contributed by atoms with Crippen LogP contribution in [0.5, 0.6) is 0 Å². The van der Waals surface area contributed by atoms with Crippen LogP contribution in [-0.2, 0) is 23.8 Å². The van der Waals surface area contributed by atoms with E-state index in [1.165, 1.54) is 53.8 Å². The molecule has 141 heavy (non-hydrogen) atoms. The second-order valence-electron chi connectivity index (χ2n) is 37.5. The third kappa shape index (κ3) is 26.6. The summed E-state index contributed by atoms with van der Waals surface area (Å²) in [5.74, 6) is 2.58. The second-order valence-corrected chi connectivity index (χ2v) is 37.8. The number of anilines is 3. The fourth-order valence-electron chi connectivity index (χ4n) is 18.9. The summed E-state index contributed by atoms with van der Waals surface area (Å²) in [6, 6.07) is 31.7. The van der Waals surface area contributed by atoms with E-state index in [4.69, 9.17) is 37.0 Å². The highest BCUT2D eigenvalue weighted by Gasteiger charge is 2.37. The van der Waals surface area contributed by atoms with Gasteiger partial charge in [-0.15, -0.1) is 40.1 Å². The van der Waals surface area contributed by atoms with Gasteiger partial charge in [0.2, 0.25) is 11.1 Å². The number of hydrogen-bond acceptors (Lipinski definition) is 28. The number of aromatic nitrogens is 18. The molecular formula is C100H127Cl3N30O8. The van der Waals surface area contributed by atoms with Gasteiger partial charge in [0.05, 0.1) is 144 Å². The van der Waals surface area contributed by atoms with E-state index in [0.29, 0.717) is 66.2 Å². The predicted molar refractivity (Wildman–Crippen MR) is 541 cm³/mol. The molecule has 8 saturated carbocycles. The van der Waals surface area contributed by atoms with Gasteiger partial charge in [0.25, 0.3) is 0 Å². The molecule has 0 radical (unpaired) electrons. The van der Waals surface area contributed by atoms with Crippen LogP contribution < -0.4 is 43.0 Å². The van der Waals surface area contributed by atoms with Crippen molar-refractivity contribution in [3.63, 3.8) is 0 Å². The van der Waals surface area contributed by atoms with E-state index in [1.807, 2.05) is 112 Å². The van der Waals surface area contributed by atoms with Crippen LogP contribution in [0.4, 0.5) is 31.4 Å². The van der Waals surface area contributed by atoms with Gasteiger partial charge in [-0.3, -0.25) is 24.5 Å². The normalized spacial score (nSPS) is 21.3. The van der Waals surface area contributed by atoms with Crippen molar-refractivity contribution in [1.29, 1.82) is 15.8 Å². The van der Waals surface area contributed by atoms with Gasteiger partial charge >= 0.3 is 18.3 Å². The van der Waals surface area contributed by atoms with E-state index in [0.717, 1.165) is 236 Å². The number of methoxy groups -OCH3 is 3. The molecule has 0 aromatic carbocycles. The van der Waals surface area contributed by atoms with Gasteiger partial charge in [0.15, 0.2) is 0 Å². The zero-order valence-corrected chi connectivity index (χ0v) is 82.3. The summed E-state index contributed by atoms with van der Waals surface area (Å²) in [7, 11) is 4.11. The predicted octanol–water partition coefficient (Wildman–Crippen LogP) is 16.4. The molecule has 12 aromatic heterocycles. The lowest BCUT2D eigenvalue weighted by molar-refractivity contribution is -0.123. The van der Waals surface area contributed by atoms with E-state index in [9.17, 15) is 39.8 Å². The number of halogens is 3. The zero-order chi connectivity index (χ0) is 96.5. The summed E-state index contributed by atoms with van der Waals surface area (Å²) in [6.45, 7) is 14.2. The van der Waals surface area contributed by atoms with Gasteiger partial charge in [0.1, 0.15) is 35.3 Å². The second kappa shape index (κ2) is 49.1. The molecule has 4 amide bonds. The van der Waals surface area contributed by atoms with Crippen LogP contribution in [0.1, 0.15) is 211 Å². The van der Waals surface area contributed by atoms with Crippen LogP contribution in [0.15, 0.2) is 129 Å². The Bertz CT molecular complexity index is 6140. The minimum Gasteiger partial charge on any atom is -0.453 e. The molecule has 12 aromatic rings. The lowest BCUT2D eigenvalue weighted by Gasteiger charge is -2.36. The molecule has 746 valence electrons. The Kier molecular flexibility index (Phi) is 36.5. The van der Waals surface area contributed by atoms with Crippen LogP contribution in [0.2, 0.25) is 0 Å². The molecule has 20 rings (SSSR count). The Morgan fingerprint density at radius 2 is 0.752 bits per heavy atom. The molecule has 0 unspecified atom stereocenters. The average Bonchev–Trinajstić information content (AvgIpc) is 1.68. The highest BCUT2D eigenvalue weighted by Crippen LogP contribution is 2.43. The summed E-state index contributed by atoms with van der Waals surface area (Å²) >= 11 is 5.04. The largest absolute Gasteiger partial charge is 0.453 e. The maximum atomic E-state index is 12.2. The lowest BCUT2D eigenvalue weighted by atomic mass is 9.80. The first-order valence-corrected chi connectivity index (χ1v) is 48.7. The van der Waals surface area contributed by atoms with Gasteiger partial charge in [0, 0.05) is 114 Å².